The van der Waals surface area contributed by atoms with E-state index in [0.29, 0.717) is 11.1 Å². The molecule has 3 nitrogen and oxygen atoms in total. The average Bonchev–Trinajstić information content (AvgIpc) is 2.15. The third-order valence-corrected chi connectivity index (χ3v) is 2.48. The second kappa shape index (κ2) is 4.40. The number of carbonyl (C=O) groups excluding carboxylic acids is 2. The van der Waals surface area contributed by atoms with Crippen LogP contribution in [0.1, 0.15) is 20.7 Å². The summed E-state index contributed by atoms with van der Waals surface area (Å²) in [6.45, 7) is 5.85. The quantitative estimate of drug-likeness (QED) is 0.583. The van der Waals surface area contributed by atoms with Crippen molar-refractivity contribution < 1.29 is 14.0 Å². The Morgan fingerprint density at radius 3 is 2.13 bits per heavy atom. The molecule has 4 heteroatoms. The molecule has 1 aromatic carbocycles. The van der Waals surface area contributed by atoms with Crippen LogP contribution in [0.25, 0.3) is 0 Å². The third kappa shape index (κ3) is 3.67. The second-order valence-electron chi connectivity index (χ2n) is 4.24. The van der Waals surface area contributed by atoms with Gasteiger partial charge in [-0.3, -0.25) is 4.79 Å². The highest BCUT2D eigenvalue weighted by Crippen LogP contribution is 2.09. The van der Waals surface area contributed by atoms with Crippen LogP contribution in [0, 0.1) is 0 Å². The number of hydrogen-bond donors (Lipinski definition) is 0. The predicted octanol–water partition coefficient (Wildman–Crippen LogP) is 2.49. The average molecular weight is 222 g/mol. The molecule has 0 bridgehead atoms. The van der Waals surface area contributed by atoms with Gasteiger partial charge in [-0.15, -0.1) is 0 Å². The lowest BCUT2D eigenvalue weighted by Crippen LogP contribution is -2.29. The van der Waals surface area contributed by atoms with Crippen molar-refractivity contribution in [2.45, 2.75) is 19.6 Å². The minimum atomic E-state index is -1.84. The molecule has 0 saturated heterocycles. The van der Waals surface area contributed by atoms with E-state index in [2.05, 4.69) is 0 Å². The molecule has 0 aliphatic rings. The van der Waals surface area contributed by atoms with Crippen molar-refractivity contribution in [2.24, 2.45) is 0 Å². The summed E-state index contributed by atoms with van der Waals surface area (Å²) >= 11 is 0. The van der Waals surface area contributed by atoms with Gasteiger partial charge < -0.3 is 4.43 Å². The van der Waals surface area contributed by atoms with Crippen molar-refractivity contribution >= 4 is 20.6 Å². The van der Waals surface area contributed by atoms with Gasteiger partial charge in [0.25, 0.3) is 0 Å². The predicted molar refractivity (Wildman–Crippen MR) is 60.6 cm³/mol. The summed E-state index contributed by atoms with van der Waals surface area (Å²) in [5.74, 6) is -0.313. The summed E-state index contributed by atoms with van der Waals surface area (Å²) in [4.78, 5) is 22.0. The van der Waals surface area contributed by atoms with Gasteiger partial charge in [0.15, 0.2) is 0 Å². The standard InChI is InChI=1S/C11H14O3Si/c1-15(2,3)14-11(13)10-6-4-9(8-12)5-7-10/h4-8H,1-3H3. The topological polar surface area (TPSA) is 43.4 Å². The van der Waals surface area contributed by atoms with Crippen LogP contribution >= 0.6 is 0 Å². The first-order valence-electron chi connectivity index (χ1n) is 4.71. The first kappa shape index (κ1) is 11.7. The van der Waals surface area contributed by atoms with E-state index in [4.69, 9.17) is 4.43 Å². The molecule has 1 aromatic rings. The normalized spacial score (nSPS) is 10.9. The Morgan fingerprint density at radius 2 is 1.73 bits per heavy atom. The van der Waals surface area contributed by atoms with E-state index in [1.807, 2.05) is 19.6 Å². The molecule has 0 amide bonds. The minimum Gasteiger partial charge on any atom is -0.516 e. The van der Waals surface area contributed by atoms with Crippen LogP contribution in [0.4, 0.5) is 0 Å². The van der Waals surface area contributed by atoms with Crippen molar-refractivity contribution in [3.63, 3.8) is 0 Å². The Kier molecular flexibility index (Phi) is 3.42. The molecular weight excluding hydrogens is 208 g/mol. The fourth-order valence-electron chi connectivity index (χ4n) is 1.03. The zero-order valence-electron chi connectivity index (χ0n) is 9.11. The smallest absolute Gasteiger partial charge is 0.324 e. The summed E-state index contributed by atoms with van der Waals surface area (Å²) in [6, 6.07) is 6.42. The fourth-order valence-corrected chi connectivity index (χ4v) is 1.71. The van der Waals surface area contributed by atoms with E-state index in [1.54, 1.807) is 24.3 Å². The van der Waals surface area contributed by atoms with E-state index in [0.717, 1.165) is 6.29 Å². The Morgan fingerprint density at radius 1 is 1.20 bits per heavy atom. The molecule has 0 aromatic heterocycles. The maximum absolute atomic E-state index is 11.6. The van der Waals surface area contributed by atoms with Crippen LogP contribution in [-0.2, 0) is 4.43 Å². The maximum atomic E-state index is 11.6. The van der Waals surface area contributed by atoms with Gasteiger partial charge in [0.1, 0.15) is 6.29 Å². The van der Waals surface area contributed by atoms with Crippen LogP contribution in [0.15, 0.2) is 24.3 Å². The fraction of sp³-hybridized carbons (Fsp3) is 0.273. The first-order valence-corrected chi connectivity index (χ1v) is 8.12. The molecule has 80 valence electrons. The monoisotopic (exact) mass is 222 g/mol. The molecule has 15 heavy (non-hydrogen) atoms. The van der Waals surface area contributed by atoms with Crippen molar-refractivity contribution in [2.75, 3.05) is 0 Å². The van der Waals surface area contributed by atoms with E-state index >= 15 is 0 Å². The summed E-state index contributed by atoms with van der Waals surface area (Å²) < 4.78 is 5.31. The van der Waals surface area contributed by atoms with Gasteiger partial charge in [0.2, 0.25) is 8.32 Å². The summed E-state index contributed by atoms with van der Waals surface area (Å²) in [7, 11) is -1.84. The Balaban J connectivity index is 2.79. The van der Waals surface area contributed by atoms with Crippen molar-refractivity contribution in [1.82, 2.24) is 0 Å². The molecule has 0 aliphatic carbocycles. The zero-order chi connectivity index (χ0) is 11.5. The van der Waals surface area contributed by atoms with Gasteiger partial charge >= 0.3 is 5.97 Å². The summed E-state index contributed by atoms with van der Waals surface area (Å²) in [5, 5.41) is 0. The Bertz CT molecular complexity index is 362. The van der Waals surface area contributed by atoms with Crippen molar-refractivity contribution in [3.05, 3.63) is 35.4 Å². The molecule has 0 atom stereocenters. The summed E-state index contributed by atoms with van der Waals surface area (Å²) in [5.41, 5.74) is 1.04. The molecule has 0 N–H and O–H groups in total. The van der Waals surface area contributed by atoms with Gasteiger partial charge in [-0.2, -0.15) is 0 Å². The van der Waals surface area contributed by atoms with E-state index in [-0.39, 0.29) is 5.97 Å². The van der Waals surface area contributed by atoms with E-state index in [1.165, 1.54) is 0 Å². The second-order valence-corrected chi connectivity index (χ2v) is 8.67. The third-order valence-electron chi connectivity index (χ3n) is 1.68. The molecule has 0 saturated carbocycles. The SMILES string of the molecule is C[Si](C)(C)OC(=O)c1ccc(C=O)cc1. The molecular formula is C11H14O3Si. The zero-order valence-corrected chi connectivity index (χ0v) is 10.1. The van der Waals surface area contributed by atoms with Crippen molar-refractivity contribution in [3.8, 4) is 0 Å². The highest BCUT2D eigenvalue weighted by Gasteiger charge is 2.20. The van der Waals surface area contributed by atoms with Gasteiger partial charge in [0, 0.05) is 5.56 Å². The van der Waals surface area contributed by atoms with Gasteiger partial charge in [-0.05, 0) is 31.8 Å². The molecule has 0 spiro atoms. The molecule has 0 aliphatic heterocycles. The first-order chi connectivity index (χ1) is 6.92. The van der Waals surface area contributed by atoms with Crippen LogP contribution < -0.4 is 0 Å². The molecule has 0 unspecified atom stereocenters. The molecule has 0 heterocycles. The summed E-state index contributed by atoms with van der Waals surface area (Å²) in [6.07, 6.45) is 0.744. The Hall–Kier alpha value is -1.42. The van der Waals surface area contributed by atoms with Gasteiger partial charge in [-0.25, -0.2) is 4.79 Å². The van der Waals surface area contributed by atoms with Gasteiger partial charge in [0.05, 0.1) is 5.56 Å². The van der Waals surface area contributed by atoms with Crippen LogP contribution in [0.5, 0.6) is 0 Å². The maximum Gasteiger partial charge on any atom is 0.324 e. The largest absolute Gasteiger partial charge is 0.516 e. The number of benzene rings is 1. The van der Waals surface area contributed by atoms with Crippen LogP contribution in [0.2, 0.25) is 19.6 Å². The molecule has 0 fully saturated rings. The number of carbonyl (C=O) groups is 2. The lowest BCUT2D eigenvalue weighted by Gasteiger charge is -2.17. The van der Waals surface area contributed by atoms with Crippen LogP contribution in [0.3, 0.4) is 0 Å². The molecule has 1 rings (SSSR count). The molecule has 0 radical (unpaired) electrons. The lowest BCUT2D eigenvalue weighted by atomic mass is 10.1. The number of rotatable bonds is 3. The highest BCUT2D eigenvalue weighted by atomic mass is 28.4. The lowest BCUT2D eigenvalue weighted by molar-refractivity contribution is 0.0724. The van der Waals surface area contributed by atoms with Gasteiger partial charge in [-0.1, -0.05) is 12.1 Å². The highest BCUT2D eigenvalue weighted by molar-refractivity contribution is 6.71. The van der Waals surface area contributed by atoms with E-state index < -0.39 is 8.32 Å². The van der Waals surface area contributed by atoms with Crippen molar-refractivity contribution in [1.29, 1.82) is 0 Å². The van der Waals surface area contributed by atoms with Crippen LogP contribution in [-0.4, -0.2) is 20.6 Å². The minimum absolute atomic E-state index is 0.313. The number of aldehydes is 1. The van der Waals surface area contributed by atoms with E-state index in [9.17, 15) is 9.59 Å². The Labute approximate surface area is 90.2 Å². The number of hydrogen-bond acceptors (Lipinski definition) is 3.